The molecular formula is C12H24FN. The van der Waals surface area contributed by atoms with E-state index < -0.39 is 6.17 Å². The first-order valence-electron chi connectivity index (χ1n) is 5.87. The standard InChI is InChI=1S/C12H24FN/c1-9(2)7-14-6-5-11(10(3)4)12(13)8-14/h9-12H,5-8H2,1-4H3/t11-,12-/m0/s1. The SMILES string of the molecule is CC(C)CN1CC[C@@H](C(C)C)[C@@H](F)C1. The number of rotatable bonds is 3. The Morgan fingerprint density at radius 2 is 1.93 bits per heavy atom. The number of hydrogen-bond acceptors (Lipinski definition) is 1. The predicted molar refractivity (Wildman–Crippen MR) is 59.1 cm³/mol. The molecule has 84 valence electrons. The Morgan fingerprint density at radius 3 is 2.36 bits per heavy atom. The highest BCUT2D eigenvalue weighted by atomic mass is 19.1. The van der Waals surface area contributed by atoms with Crippen LogP contribution in [0.5, 0.6) is 0 Å². The van der Waals surface area contributed by atoms with E-state index in [0.717, 1.165) is 19.5 Å². The van der Waals surface area contributed by atoms with Crippen LogP contribution in [0.15, 0.2) is 0 Å². The monoisotopic (exact) mass is 201 g/mol. The largest absolute Gasteiger partial charge is 0.300 e. The summed E-state index contributed by atoms with van der Waals surface area (Å²) in [6, 6.07) is 0. The average molecular weight is 201 g/mol. The Bertz CT molecular complexity index is 168. The Kier molecular flexibility index (Phi) is 4.36. The fourth-order valence-electron chi connectivity index (χ4n) is 2.42. The van der Waals surface area contributed by atoms with Gasteiger partial charge in [0.1, 0.15) is 6.17 Å². The molecule has 1 aliphatic rings. The van der Waals surface area contributed by atoms with Gasteiger partial charge in [-0.05, 0) is 30.7 Å². The van der Waals surface area contributed by atoms with Crippen molar-refractivity contribution >= 4 is 0 Å². The van der Waals surface area contributed by atoms with E-state index in [-0.39, 0.29) is 0 Å². The molecule has 14 heavy (non-hydrogen) atoms. The lowest BCUT2D eigenvalue weighted by atomic mass is 9.85. The number of halogens is 1. The fraction of sp³-hybridized carbons (Fsp3) is 1.00. The van der Waals surface area contributed by atoms with Crippen molar-refractivity contribution in [2.45, 2.75) is 40.3 Å². The van der Waals surface area contributed by atoms with Crippen molar-refractivity contribution in [3.63, 3.8) is 0 Å². The van der Waals surface area contributed by atoms with Gasteiger partial charge in [0, 0.05) is 13.1 Å². The molecule has 1 saturated heterocycles. The summed E-state index contributed by atoms with van der Waals surface area (Å²) in [5, 5.41) is 0. The molecule has 1 fully saturated rings. The fourth-order valence-corrected chi connectivity index (χ4v) is 2.42. The van der Waals surface area contributed by atoms with Gasteiger partial charge >= 0.3 is 0 Å². The van der Waals surface area contributed by atoms with Crippen LogP contribution in [0.1, 0.15) is 34.1 Å². The van der Waals surface area contributed by atoms with Crippen molar-refractivity contribution in [1.82, 2.24) is 4.90 Å². The molecule has 1 rings (SSSR count). The van der Waals surface area contributed by atoms with Gasteiger partial charge in [-0.15, -0.1) is 0 Å². The van der Waals surface area contributed by atoms with Gasteiger partial charge in [-0.3, -0.25) is 0 Å². The van der Waals surface area contributed by atoms with Crippen LogP contribution in [-0.2, 0) is 0 Å². The molecule has 0 radical (unpaired) electrons. The molecule has 0 bridgehead atoms. The summed E-state index contributed by atoms with van der Waals surface area (Å²) >= 11 is 0. The van der Waals surface area contributed by atoms with Gasteiger partial charge in [0.15, 0.2) is 0 Å². The normalized spacial score (nSPS) is 30.2. The van der Waals surface area contributed by atoms with Crippen molar-refractivity contribution in [1.29, 1.82) is 0 Å². The maximum atomic E-state index is 13.8. The highest BCUT2D eigenvalue weighted by Crippen LogP contribution is 2.27. The highest BCUT2D eigenvalue weighted by Gasteiger charge is 2.30. The van der Waals surface area contributed by atoms with Crippen molar-refractivity contribution in [3.05, 3.63) is 0 Å². The minimum atomic E-state index is -0.609. The smallest absolute Gasteiger partial charge is 0.116 e. The predicted octanol–water partition coefficient (Wildman–Crippen LogP) is 2.96. The van der Waals surface area contributed by atoms with Crippen molar-refractivity contribution in [2.24, 2.45) is 17.8 Å². The van der Waals surface area contributed by atoms with E-state index in [0.29, 0.717) is 24.3 Å². The highest BCUT2D eigenvalue weighted by molar-refractivity contribution is 4.82. The molecule has 0 spiro atoms. The minimum Gasteiger partial charge on any atom is -0.300 e. The zero-order valence-electron chi connectivity index (χ0n) is 9.96. The summed E-state index contributed by atoms with van der Waals surface area (Å²) in [6.45, 7) is 11.4. The van der Waals surface area contributed by atoms with Crippen LogP contribution in [-0.4, -0.2) is 30.7 Å². The van der Waals surface area contributed by atoms with Gasteiger partial charge in [0.2, 0.25) is 0 Å². The molecule has 0 aromatic carbocycles. The molecule has 2 atom stereocenters. The molecule has 0 aromatic rings. The molecule has 0 unspecified atom stereocenters. The lowest BCUT2D eigenvalue weighted by Crippen LogP contribution is -2.44. The van der Waals surface area contributed by atoms with Gasteiger partial charge in [0.25, 0.3) is 0 Å². The first-order valence-corrected chi connectivity index (χ1v) is 5.87. The quantitative estimate of drug-likeness (QED) is 0.678. The van der Waals surface area contributed by atoms with Crippen molar-refractivity contribution in [2.75, 3.05) is 19.6 Å². The Morgan fingerprint density at radius 1 is 1.29 bits per heavy atom. The summed E-state index contributed by atoms with van der Waals surface area (Å²) in [5.41, 5.74) is 0. The van der Waals surface area contributed by atoms with Crippen LogP contribution in [0.25, 0.3) is 0 Å². The molecule has 1 heterocycles. The summed E-state index contributed by atoms with van der Waals surface area (Å²) in [5.74, 6) is 1.43. The van der Waals surface area contributed by atoms with Crippen LogP contribution in [0.4, 0.5) is 4.39 Å². The Labute approximate surface area is 87.7 Å². The van der Waals surface area contributed by atoms with Crippen LogP contribution >= 0.6 is 0 Å². The number of hydrogen-bond donors (Lipinski definition) is 0. The first kappa shape index (κ1) is 12.0. The van der Waals surface area contributed by atoms with E-state index in [1.165, 1.54) is 0 Å². The Balaban J connectivity index is 2.39. The topological polar surface area (TPSA) is 3.24 Å². The van der Waals surface area contributed by atoms with Gasteiger partial charge in [-0.2, -0.15) is 0 Å². The molecule has 0 N–H and O–H groups in total. The first-order chi connectivity index (χ1) is 6.50. The molecule has 0 aromatic heterocycles. The molecular weight excluding hydrogens is 177 g/mol. The average Bonchev–Trinajstić information content (AvgIpc) is 2.01. The molecule has 2 heteroatoms. The third-order valence-electron chi connectivity index (χ3n) is 3.16. The lowest BCUT2D eigenvalue weighted by Gasteiger charge is -2.37. The van der Waals surface area contributed by atoms with E-state index in [2.05, 4.69) is 32.6 Å². The zero-order valence-corrected chi connectivity index (χ0v) is 9.96. The summed E-state index contributed by atoms with van der Waals surface area (Å²) in [4.78, 5) is 2.27. The lowest BCUT2D eigenvalue weighted by molar-refractivity contribution is 0.0555. The number of alkyl halides is 1. The van der Waals surface area contributed by atoms with Crippen LogP contribution < -0.4 is 0 Å². The third kappa shape index (κ3) is 3.23. The summed E-state index contributed by atoms with van der Waals surface area (Å²) < 4.78 is 13.8. The maximum Gasteiger partial charge on any atom is 0.116 e. The second-order valence-electron chi connectivity index (χ2n) is 5.37. The second kappa shape index (κ2) is 5.11. The van der Waals surface area contributed by atoms with Gasteiger partial charge < -0.3 is 4.90 Å². The van der Waals surface area contributed by atoms with Crippen molar-refractivity contribution < 1.29 is 4.39 Å². The molecule has 1 aliphatic heterocycles. The second-order valence-corrected chi connectivity index (χ2v) is 5.37. The molecule has 1 nitrogen and oxygen atoms in total. The molecule has 0 aliphatic carbocycles. The van der Waals surface area contributed by atoms with Gasteiger partial charge in [0.05, 0.1) is 0 Å². The van der Waals surface area contributed by atoms with Crippen LogP contribution in [0.2, 0.25) is 0 Å². The third-order valence-corrected chi connectivity index (χ3v) is 3.16. The van der Waals surface area contributed by atoms with Crippen LogP contribution in [0.3, 0.4) is 0 Å². The molecule has 0 saturated carbocycles. The molecule has 0 amide bonds. The van der Waals surface area contributed by atoms with Gasteiger partial charge in [-0.1, -0.05) is 27.7 Å². The Hall–Kier alpha value is -0.110. The number of likely N-dealkylation sites (tertiary alicyclic amines) is 1. The minimum absolute atomic E-state index is 0.290. The van der Waals surface area contributed by atoms with E-state index in [1.54, 1.807) is 0 Å². The van der Waals surface area contributed by atoms with E-state index >= 15 is 0 Å². The van der Waals surface area contributed by atoms with Gasteiger partial charge in [-0.25, -0.2) is 4.39 Å². The maximum absolute atomic E-state index is 13.8. The number of nitrogens with zero attached hydrogens (tertiary/aromatic N) is 1. The van der Waals surface area contributed by atoms with Crippen LogP contribution in [0, 0.1) is 17.8 Å². The summed E-state index contributed by atoms with van der Waals surface area (Å²) in [6.07, 6.45) is 0.424. The van der Waals surface area contributed by atoms with E-state index in [4.69, 9.17) is 0 Å². The summed E-state index contributed by atoms with van der Waals surface area (Å²) in [7, 11) is 0. The van der Waals surface area contributed by atoms with E-state index in [9.17, 15) is 4.39 Å². The zero-order chi connectivity index (χ0) is 10.7. The van der Waals surface area contributed by atoms with E-state index in [1.807, 2.05) is 0 Å². The number of piperidine rings is 1. The van der Waals surface area contributed by atoms with Crippen molar-refractivity contribution in [3.8, 4) is 0 Å².